The first kappa shape index (κ1) is 17.5. The first-order valence-corrected chi connectivity index (χ1v) is 6.42. The van der Waals surface area contributed by atoms with Gasteiger partial charge < -0.3 is 19.3 Å². The Balaban J connectivity index is 3.11. The van der Waals surface area contributed by atoms with Crippen LogP contribution in [-0.4, -0.2) is 67.8 Å². The van der Waals surface area contributed by atoms with E-state index in [1.807, 2.05) is 0 Å². The maximum absolute atomic E-state index is 9.81. The number of hydrogen-bond acceptors (Lipinski definition) is 9. The lowest BCUT2D eigenvalue weighted by Gasteiger charge is -2.26. The summed E-state index contributed by atoms with van der Waals surface area (Å²) in [5.41, 5.74) is 0. The summed E-state index contributed by atoms with van der Waals surface area (Å²) < 4.78 is 15.3. The zero-order chi connectivity index (χ0) is 15.8. The molecule has 1 N–H and O–H groups in total. The lowest BCUT2D eigenvalue weighted by molar-refractivity contribution is 0.121. The largest absolute Gasteiger partial charge is 0.374 e. The number of aliphatic hydroxyl groups excluding tert-OH is 1. The maximum atomic E-state index is 9.81. The van der Waals surface area contributed by atoms with Crippen molar-refractivity contribution in [3.05, 3.63) is 5.82 Å². The molecule has 1 unspecified atom stereocenters. The van der Waals surface area contributed by atoms with Crippen LogP contribution in [0.5, 0.6) is 0 Å². The molecule has 0 aliphatic carbocycles. The van der Waals surface area contributed by atoms with E-state index in [0.717, 1.165) is 0 Å². The molecular weight excluding hydrogens is 278 g/mol. The molecule has 0 bridgehead atoms. The van der Waals surface area contributed by atoms with Crippen LogP contribution in [0.3, 0.4) is 0 Å². The summed E-state index contributed by atoms with van der Waals surface area (Å²) in [6, 6.07) is 0. The molecule has 1 aromatic heterocycles. The van der Waals surface area contributed by atoms with Crippen molar-refractivity contribution < 1.29 is 19.3 Å². The van der Waals surface area contributed by atoms with Crippen molar-refractivity contribution in [2.45, 2.75) is 20.1 Å². The van der Waals surface area contributed by atoms with E-state index in [-0.39, 0.29) is 20.2 Å². The van der Waals surface area contributed by atoms with Crippen LogP contribution in [0.15, 0.2) is 0 Å². The topological polar surface area (TPSA) is 93.1 Å². The van der Waals surface area contributed by atoms with Gasteiger partial charge >= 0.3 is 0 Å². The quantitative estimate of drug-likeness (QED) is 0.630. The fourth-order valence-corrected chi connectivity index (χ4v) is 1.66. The molecule has 0 spiro atoms. The number of aliphatic hydroxyl groups is 1. The lowest BCUT2D eigenvalue weighted by Crippen LogP contribution is -2.37. The summed E-state index contributed by atoms with van der Waals surface area (Å²) in [5, 5.41) is 9.81. The maximum Gasteiger partial charge on any atom is 0.234 e. The number of hydrogen-bond donors (Lipinski definition) is 1. The molecule has 9 nitrogen and oxygen atoms in total. The number of rotatable bonds is 9. The molecule has 1 rings (SSSR count). The van der Waals surface area contributed by atoms with Crippen LogP contribution in [0, 0.1) is 6.92 Å². The Morgan fingerprint density at radius 1 is 0.952 bits per heavy atom. The third-order valence-electron chi connectivity index (χ3n) is 2.55. The summed E-state index contributed by atoms with van der Waals surface area (Å²) in [6.07, 6.45) is -0.794. The monoisotopic (exact) mass is 301 g/mol. The smallest absolute Gasteiger partial charge is 0.234 e. The van der Waals surface area contributed by atoms with Gasteiger partial charge in [0.1, 0.15) is 32.2 Å². The van der Waals surface area contributed by atoms with Gasteiger partial charge in [0.15, 0.2) is 0 Å². The third-order valence-corrected chi connectivity index (χ3v) is 2.55. The molecule has 0 amide bonds. The molecule has 0 radical (unpaired) electrons. The van der Waals surface area contributed by atoms with Crippen LogP contribution < -0.4 is 9.80 Å². The van der Waals surface area contributed by atoms with Crippen molar-refractivity contribution in [1.29, 1.82) is 0 Å². The Bertz CT molecular complexity index is 426. The van der Waals surface area contributed by atoms with Gasteiger partial charge in [-0.3, -0.25) is 9.80 Å². The van der Waals surface area contributed by atoms with Gasteiger partial charge in [0.05, 0.1) is 0 Å². The zero-order valence-electron chi connectivity index (χ0n) is 13.1. The van der Waals surface area contributed by atoms with E-state index in [1.54, 1.807) is 33.0 Å². The van der Waals surface area contributed by atoms with Crippen LogP contribution in [0.1, 0.15) is 12.7 Å². The first-order valence-electron chi connectivity index (χ1n) is 6.42. The molecule has 0 aromatic carbocycles. The van der Waals surface area contributed by atoms with Gasteiger partial charge in [0.2, 0.25) is 11.9 Å². The minimum absolute atomic E-state index is 0.162. The minimum Gasteiger partial charge on any atom is -0.374 e. The molecule has 1 heterocycles. The van der Waals surface area contributed by atoms with E-state index in [9.17, 15) is 5.11 Å². The molecule has 0 aliphatic heterocycles. The van der Waals surface area contributed by atoms with E-state index in [0.29, 0.717) is 17.7 Å². The van der Waals surface area contributed by atoms with Gasteiger partial charge in [0.25, 0.3) is 0 Å². The molecular formula is C12H23N5O4. The van der Waals surface area contributed by atoms with Gasteiger partial charge in [-0.1, -0.05) is 0 Å². The van der Waals surface area contributed by atoms with Crippen molar-refractivity contribution in [2.24, 2.45) is 0 Å². The number of ether oxygens (including phenoxy) is 3. The Morgan fingerprint density at radius 2 is 1.48 bits per heavy atom. The van der Waals surface area contributed by atoms with E-state index >= 15 is 0 Å². The van der Waals surface area contributed by atoms with Gasteiger partial charge in [-0.15, -0.1) is 0 Å². The summed E-state index contributed by atoms with van der Waals surface area (Å²) in [6.45, 7) is 4.07. The predicted molar refractivity (Wildman–Crippen MR) is 76.8 cm³/mol. The zero-order valence-corrected chi connectivity index (χ0v) is 13.1. The number of methoxy groups -OCH3 is 3. The highest BCUT2D eigenvalue weighted by molar-refractivity contribution is 5.38. The normalized spacial score (nSPS) is 12.3. The first-order chi connectivity index (χ1) is 10.0. The molecule has 0 saturated heterocycles. The van der Waals surface area contributed by atoms with Gasteiger partial charge in [-0.05, 0) is 13.8 Å². The number of anilines is 2. The van der Waals surface area contributed by atoms with Gasteiger partial charge in [-0.25, -0.2) is 0 Å². The van der Waals surface area contributed by atoms with Crippen LogP contribution >= 0.6 is 0 Å². The summed E-state index contributed by atoms with van der Waals surface area (Å²) in [4.78, 5) is 16.1. The van der Waals surface area contributed by atoms with Crippen LogP contribution in [0.25, 0.3) is 0 Å². The third kappa shape index (κ3) is 5.05. The van der Waals surface area contributed by atoms with E-state index in [4.69, 9.17) is 14.2 Å². The summed E-state index contributed by atoms with van der Waals surface area (Å²) in [7, 11) is 4.68. The average Bonchev–Trinajstić information content (AvgIpc) is 2.43. The van der Waals surface area contributed by atoms with Gasteiger partial charge in [-0.2, -0.15) is 15.0 Å². The Labute approximate surface area is 124 Å². The molecule has 0 aliphatic rings. The Kier molecular flexibility index (Phi) is 7.23. The van der Waals surface area contributed by atoms with Crippen LogP contribution in [-0.2, 0) is 14.2 Å². The summed E-state index contributed by atoms with van der Waals surface area (Å²) >= 11 is 0. The second-order valence-electron chi connectivity index (χ2n) is 4.38. The second-order valence-corrected chi connectivity index (χ2v) is 4.38. The molecule has 0 fully saturated rings. The lowest BCUT2D eigenvalue weighted by atomic mass is 10.5. The van der Waals surface area contributed by atoms with Crippen molar-refractivity contribution in [2.75, 3.05) is 51.3 Å². The molecule has 0 saturated carbocycles. The van der Waals surface area contributed by atoms with Crippen LogP contribution in [0.2, 0.25) is 0 Å². The highest BCUT2D eigenvalue weighted by Gasteiger charge is 2.19. The molecule has 1 atom stereocenters. The second kappa shape index (κ2) is 8.67. The van der Waals surface area contributed by atoms with Gasteiger partial charge in [0, 0.05) is 21.3 Å². The highest BCUT2D eigenvalue weighted by Crippen LogP contribution is 2.15. The molecule has 21 heavy (non-hydrogen) atoms. The Morgan fingerprint density at radius 3 is 1.95 bits per heavy atom. The van der Waals surface area contributed by atoms with E-state index < -0.39 is 6.23 Å². The van der Waals surface area contributed by atoms with Crippen molar-refractivity contribution >= 4 is 11.9 Å². The highest BCUT2D eigenvalue weighted by atomic mass is 16.5. The Hall–Kier alpha value is -1.55. The van der Waals surface area contributed by atoms with Crippen molar-refractivity contribution in [3.8, 4) is 0 Å². The van der Waals surface area contributed by atoms with Crippen LogP contribution in [0.4, 0.5) is 11.9 Å². The number of aromatic nitrogens is 3. The van der Waals surface area contributed by atoms with Crippen molar-refractivity contribution in [3.63, 3.8) is 0 Å². The molecule has 1 aromatic rings. The average molecular weight is 301 g/mol. The predicted octanol–water partition coefficient (Wildman–Crippen LogP) is -0.0572. The van der Waals surface area contributed by atoms with E-state index in [2.05, 4.69) is 15.0 Å². The number of aryl methyl sites for hydroxylation is 1. The minimum atomic E-state index is -0.794. The van der Waals surface area contributed by atoms with Crippen molar-refractivity contribution in [1.82, 2.24) is 15.0 Å². The number of nitrogens with zero attached hydrogens (tertiary/aromatic N) is 5. The molecule has 9 heteroatoms. The standard InChI is InChI=1S/C12H23N5O4/c1-9-13-11(16(6-19-3)7-20-4)15-12(14-9)17(8-21-5)10(2)18/h10,18H,6-8H2,1-5H3. The fourth-order valence-electron chi connectivity index (χ4n) is 1.66. The molecule has 120 valence electrons. The summed E-state index contributed by atoms with van der Waals surface area (Å²) in [5.74, 6) is 1.25. The SMILES string of the molecule is COCN(COC)c1nc(C)nc(N(COC)C(C)O)n1. The van der Waals surface area contributed by atoms with E-state index in [1.165, 1.54) is 12.0 Å². The fraction of sp³-hybridized carbons (Fsp3) is 0.750.